The highest BCUT2D eigenvalue weighted by molar-refractivity contribution is 5.38. The molecular weight excluding hydrogens is 258 g/mol. The van der Waals surface area contributed by atoms with Crippen LogP contribution >= 0.6 is 0 Å². The molecule has 3 rings (SSSR count). The molecule has 0 saturated heterocycles. The van der Waals surface area contributed by atoms with E-state index in [1.165, 1.54) is 38.6 Å². The van der Waals surface area contributed by atoms with Gasteiger partial charge in [-0.3, -0.25) is 0 Å². The van der Waals surface area contributed by atoms with Gasteiger partial charge < -0.3 is 10.2 Å². The minimum absolute atomic E-state index is 0.879. The van der Waals surface area contributed by atoms with Crippen LogP contribution in [0.3, 0.4) is 0 Å². The van der Waals surface area contributed by atoms with Crippen molar-refractivity contribution in [2.24, 2.45) is 17.8 Å². The predicted molar refractivity (Wildman–Crippen MR) is 88.4 cm³/mol. The van der Waals surface area contributed by atoms with Crippen LogP contribution in [-0.4, -0.2) is 25.1 Å². The van der Waals surface area contributed by atoms with E-state index in [4.69, 9.17) is 4.98 Å². The number of rotatable bonds is 7. The molecule has 1 aromatic rings. The third-order valence-electron chi connectivity index (χ3n) is 5.31. The van der Waals surface area contributed by atoms with Crippen molar-refractivity contribution in [3.63, 3.8) is 0 Å². The van der Waals surface area contributed by atoms with Gasteiger partial charge in [-0.1, -0.05) is 19.4 Å². The molecule has 21 heavy (non-hydrogen) atoms. The zero-order chi connectivity index (χ0) is 14.7. The summed E-state index contributed by atoms with van der Waals surface area (Å²) < 4.78 is 0. The second kappa shape index (κ2) is 6.78. The molecule has 1 heterocycles. The Morgan fingerprint density at radius 2 is 2.19 bits per heavy atom. The van der Waals surface area contributed by atoms with Crippen molar-refractivity contribution in [1.29, 1.82) is 0 Å². The Labute approximate surface area is 129 Å². The molecule has 3 nitrogen and oxygen atoms in total. The number of anilines is 1. The fourth-order valence-electron chi connectivity index (χ4n) is 4.22. The number of nitrogens with zero attached hydrogens (tertiary/aromatic N) is 2. The SMILES string of the molecule is CCCNCc1cccc(N(C)CC2CC3CCC2C3)n1. The first-order valence-electron chi connectivity index (χ1n) is 8.64. The second-order valence-corrected chi connectivity index (χ2v) is 6.98. The Morgan fingerprint density at radius 1 is 1.29 bits per heavy atom. The largest absolute Gasteiger partial charge is 0.359 e. The van der Waals surface area contributed by atoms with Gasteiger partial charge in [0, 0.05) is 20.1 Å². The van der Waals surface area contributed by atoms with Crippen LogP contribution in [0.4, 0.5) is 5.82 Å². The maximum absolute atomic E-state index is 4.81. The molecule has 2 saturated carbocycles. The van der Waals surface area contributed by atoms with Gasteiger partial charge in [-0.2, -0.15) is 0 Å². The fraction of sp³-hybridized carbons (Fsp3) is 0.722. The van der Waals surface area contributed by atoms with Gasteiger partial charge in [0.15, 0.2) is 0 Å². The number of nitrogens with one attached hydrogen (secondary N) is 1. The van der Waals surface area contributed by atoms with E-state index in [0.717, 1.165) is 42.4 Å². The lowest BCUT2D eigenvalue weighted by Gasteiger charge is -2.28. The van der Waals surface area contributed by atoms with Crippen LogP contribution in [0.15, 0.2) is 18.2 Å². The Morgan fingerprint density at radius 3 is 2.90 bits per heavy atom. The van der Waals surface area contributed by atoms with Gasteiger partial charge in [-0.25, -0.2) is 4.98 Å². The number of hydrogen-bond donors (Lipinski definition) is 1. The topological polar surface area (TPSA) is 28.2 Å². The average molecular weight is 287 g/mol. The third-order valence-corrected chi connectivity index (χ3v) is 5.31. The summed E-state index contributed by atoms with van der Waals surface area (Å²) in [5.74, 6) is 4.06. The average Bonchev–Trinajstić information content (AvgIpc) is 3.10. The molecule has 3 heteroatoms. The van der Waals surface area contributed by atoms with Gasteiger partial charge in [0.25, 0.3) is 0 Å². The highest BCUT2D eigenvalue weighted by atomic mass is 15.2. The van der Waals surface area contributed by atoms with Crippen LogP contribution in [0.5, 0.6) is 0 Å². The molecule has 0 amide bonds. The van der Waals surface area contributed by atoms with Gasteiger partial charge in [-0.15, -0.1) is 0 Å². The van der Waals surface area contributed by atoms with Crippen LogP contribution in [-0.2, 0) is 6.54 Å². The van der Waals surface area contributed by atoms with Gasteiger partial charge in [-0.05, 0) is 62.1 Å². The molecule has 0 spiro atoms. The van der Waals surface area contributed by atoms with Crippen molar-refractivity contribution in [3.05, 3.63) is 23.9 Å². The van der Waals surface area contributed by atoms with E-state index in [2.05, 4.69) is 42.4 Å². The van der Waals surface area contributed by atoms with Crippen molar-refractivity contribution in [2.75, 3.05) is 25.0 Å². The fourth-order valence-corrected chi connectivity index (χ4v) is 4.22. The Bertz CT molecular complexity index is 460. The molecule has 1 N–H and O–H groups in total. The van der Waals surface area contributed by atoms with Crippen molar-refractivity contribution in [2.45, 2.75) is 45.6 Å². The number of pyridine rings is 1. The first-order chi connectivity index (χ1) is 10.3. The maximum Gasteiger partial charge on any atom is 0.128 e. The highest BCUT2D eigenvalue weighted by Crippen LogP contribution is 2.48. The van der Waals surface area contributed by atoms with Crippen molar-refractivity contribution in [1.82, 2.24) is 10.3 Å². The van der Waals surface area contributed by atoms with Crippen LogP contribution in [0.25, 0.3) is 0 Å². The number of fused-ring (bicyclic) bond motifs is 2. The minimum Gasteiger partial charge on any atom is -0.359 e. The Hall–Kier alpha value is -1.09. The van der Waals surface area contributed by atoms with Gasteiger partial charge in [0.05, 0.1) is 5.69 Å². The van der Waals surface area contributed by atoms with E-state index < -0.39 is 0 Å². The Balaban J connectivity index is 1.56. The van der Waals surface area contributed by atoms with Crippen molar-refractivity contribution in [3.8, 4) is 0 Å². The lowest BCUT2D eigenvalue weighted by molar-refractivity contribution is 0.337. The second-order valence-electron chi connectivity index (χ2n) is 6.98. The molecule has 2 bridgehead atoms. The number of aromatic nitrogens is 1. The summed E-state index contributed by atoms with van der Waals surface area (Å²) in [5, 5.41) is 3.43. The maximum atomic E-state index is 4.81. The first-order valence-corrected chi connectivity index (χ1v) is 8.64. The predicted octanol–water partition coefficient (Wildman–Crippen LogP) is 3.45. The molecule has 3 atom stereocenters. The molecule has 2 aliphatic carbocycles. The molecule has 116 valence electrons. The standard InChI is InChI=1S/C18H29N3/c1-3-9-19-12-17-5-4-6-18(20-17)21(2)13-16-11-14-7-8-15(16)10-14/h4-6,14-16,19H,3,7-13H2,1-2H3. The summed E-state index contributed by atoms with van der Waals surface area (Å²) in [6, 6.07) is 6.41. The van der Waals surface area contributed by atoms with Crippen LogP contribution in [0.2, 0.25) is 0 Å². The van der Waals surface area contributed by atoms with Crippen LogP contribution in [0, 0.1) is 17.8 Å². The molecule has 0 aromatic carbocycles. The monoisotopic (exact) mass is 287 g/mol. The minimum atomic E-state index is 0.879. The van der Waals surface area contributed by atoms with E-state index in [1.54, 1.807) is 0 Å². The lowest BCUT2D eigenvalue weighted by Crippen LogP contribution is -2.29. The quantitative estimate of drug-likeness (QED) is 0.779. The van der Waals surface area contributed by atoms with Gasteiger partial charge in [0.2, 0.25) is 0 Å². The van der Waals surface area contributed by atoms with Crippen LogP contribution in [0.1, 0.15) is 44.7 Å². The highest BCUT2D eigenvalue weighted by Gasteiger charge is 2.39. The summed E-state index contributed by atoms with van der Waals surface area (Å²) in [4.78, 5) is 7.18. The molecule has 2 fully saturated rings. The summed E-state index contributed by atoms with van der Waals surface area (Å²) in [6.07, 6.45) is 7.07. The van der Waals surface area contributed by atoms with E-state index >= 15 is 0 Å². The molecule has 2 aliphatic rings. The molecule has 1 aromatic heterocycles. The van der Waals surface area contributed by atoms with Crippen LogP contribution < -0.4 is 10.2 Å². The molecular formula is C18H29N3. The van der Waals surface area contributed by atoms with E-state index in [0.29, 0.717) is 0 Å². The van der Waals surface area contributed by atoms with Crippen molar-refractivity contribution < 1.29 is 0 Å². The third kappa shape index (κ3) is 3.57. The first kappa shape index (κ1) is 14.8. The summed E-state index contributed by atoms with van der Waals surface area (Å²) in [5.41, 5.74) is 1.15. The summed E-state index contributed by atoms with van der Waals surface area (Å²) >= 11 is 0. The normalized spacial score (nSPS) is 27.2. The molecule has 3 unspecified atom stereocenters. The van der Waals surface area contributed by atoms with Gasteiger partial charge in [0.1, 0.15) is 5.82 Å². The summed E-state index contributed by atoms with van der Waals surface area (Å²) in [6.45, 7) is 5.32. The zero-order valence-electron chi connectivity index (χ0n) is 13.5. The zero-order valence-corrected chi connectivity index (χ0v) is 13.5. The Kier molecular flexibility index (Phi) is 4.79. The van der Waals surface area contributed by atoms with Crippen molar-refractivity contribution >= 4 is 5.82 Å². The number of hydrogen-bond acceptors (Lipinski definition) is 3. The molecule has 0 aliphatic heterocycles. The van der Waals surface area contributed by atoms with E-state index in [1.807, 2.05) is 0 Å². The summed E-state index contributed by atoms with van der Waals surface area (Å²) in [7, 11) is 2.21. The smallest absolute Gasteiger partial charge is 0.128 e. The van der Waals surface area contributed by atoms with E-state index in [9.17, 15) is 0 Å². The lowest BCUT2D eigenvalue weighted by atomic mass is 9.88. The van der Waals surface area contributed by atoms with Gasteiger partial charge >= 0.3 is 0 Å². The molecule has 0 radical (unpaired) electrons. The van der Waals surface area contributed by atoms with E-state index in [-0.39, 0.29) is 0 Å².